The summed E-state index contributed by atoms with van der Waals surface area (Å²) in [5.41, 5.74) is 40.0. The topological polar surface area (TPSA) is 702 Å². The molecule has 14 atom stereocenters. The van der Waals surface area contributed by atoms with Gasteiger partial charge in [-0.2, -0.15) is 0 Å². The molecule has 0 radical (unpaired) electrons. The normalized spacial score (nSPS) is 14.9. The summed E-state index contributed by atoms with van der Waals surface area (Å²) < 4.78 is 0. The fourth-order valence-corrected chi connectivity index (χ4v) is 11.3. The highest BCUT2D eigenvalue weighted by Crippen LogP contribution is 2.17. The highest BCUT2D eigenvalue weighted by Gasteiger charge is 2.39. The Morgan fingerprint density at radius 1 is 0.396 bits per heavy atom. The summed E-state index contributed by atoms with van der Waals surface area (Å²) in [5.74, 6) is -17.5. The van der Waals surface area contributed by atoms with Gasteiger partial charge in [0, 0.05) is 32.5 Å². The van der Waals surface area contributed by atoms with Crippen LogP contribution in [0.15, 0.2) is 30.3 Å². The molecule has 1 rings (SSSR count). The molecule has 0 aliphatic rings. The monoisotopic (exact) mass is 1570 g/mol. The van der Waals surface area contributed by atoms with E-state index in [1.807, 2.05) is 0 Å². The van der Waals surface area contributed by atoms with E-state index < -0.39 is 198 Å². The van der Waals surface area contributed by atoms with Crippen molar-refractivity contribution in [3.8, 4) is 0 Å². The molecule has 0 fully saturated rings. The Labute approximate surface area is 648 Å². The van der Waals surface area contributed by atoms with Crippen LogP contribution in [0.2, 0.25) is 0 Å². The van der Waals surface area contributed by atoms with Crippen LogP contribution >= 0.6 is 0 Å². The zero-order valence-electron chi connectivity index (χ0n) is 65.2. The molecule has 0 bridgehead atoms. The lowest BCUT2D eigenvalue weighted by atomic mass is 9.95. The van der Waals surface area contributed by atoms with Gasteiger partial charge in [0.2, 0.25) is 70.9 Å². The molecule has 0 spiro atoms. The third kappa shape index (κ3) is 40.1. The number of carboxylic acids is 2. The van der Waals surface area contributed by atoms with Gasteiger partial charge in [0.15, 0.2) is 17.9 Å². The van der Waals surface area contributed by atoms with Gasteiger partial charge in [0.25, 0.3) is 0 Å². The van der Waals surface area contributed by atoms with E-state index in [1.165, 1.54) is 0 Å². The molecule has 0 saturated heterocycles. The lowest BCUT2D eigenvalue weighted by Crippen LogP contribution is -2.62. The molecule has 0 heterocycles. The predicted octanol–water partition coefficient (Wildman–Crippen LogP) is -4.44. The van der Waals surface area contributed by atoms with Crippen LogP contribution in [0.1, 0.15) is 177 Å². The number of rotatable bonds is 57. The average Bonchev–Trinajstić information content (AvgIpc) is 0.851. The van der Waals surface area contributed by atoms with Crippen molar-refractivity contribution >= 4 is 101 Å². The van der Waals surface area contributed by atoms with Crippen LogP contribution in [-0.2, 0) is 73.5 Å². The average molecular weight is 1570 g/mol. The van der Waals surface area contributed by atoms with Crippen LogP contribution in [0, 0.1) is 39.9 Å². The van der Waals surface area contributed by atoms with Gasteiger partial charge in [-0.1, -0.05) is 105 Å². The first kappa shape index (κ1) is 98.5. The smallest absolute Gasteiger partial charge is 0.326 e. The summed E-state index contributed by atoms with van der Waals surface area (Å²) in [6, 6.07) is -9.34. The number of unbranched alkanes of at least 4 members (excludes halogenated alkanes) is 2. The van der Waals surface area contributed by atoms with Crippen LogP contribution in [0.25, 0.3) is 0 Å². The van der Waals surface area contributed by atoms with E-state index in [1.54, 1.807) is 85.7 Å². The zero-order chi connectivity index (χ0) is 84.0. The van der Waals surface area contributed by atoms with Gasteiger partial charge in [-0.3, -0.25) is 78.6 Å². The lowest BCUT2D eigenvalue weighted by molar-refractivity contribution is -0.142. The minimum atomic E-state index is -1.94. The predicted molar refractivity (Wildman–Crippen MR) is 414 cm³/mol. The molecule has 0 aliphatic carbocycles. The molecule has 111 heavy (non-hydrogen) atoms. The van der Waals surface area contributed by atoms with E-state index in [9.17, 15) is 77.3 Å². The van der Waals surface area contributed by atoms with Crippen LogP contribution in [0.3, 0.4) is 0 Å². The Morgan fingerprint density at radius 3 is 1.16 bits per heavy atom. The number of carboxylic acid groups (broad SMARTS) is 2. The number of amides is 12. The minimum absolute atomic E-state index is 0.0122. The third-order valence-corrected chi connectivity index (χ3v) is 18.1. The van der Waals surface area contributed by atoms with Crippen molar-refractivity contribution in [2.45, 2.75) is 250 Å². The minimum Gasteiger partial charge on any atom is -0.481 e. The molecule has 0 aromatic heterocycles. The number of guanidine groups is 3. The first-order chi connectivity index (χ1) is 52.3. The lowest BCUT2D eigenvalue weighted by Gasteiger charge is -2.31. The highest BCUT2D eigenvalue weighted by atomic mass is 16.4. The number of benzene rings is 1. The third-order valence-electron chi connectivity index (χ3n) is 18.1. The van der Waals surface area contributed by atoms with Gasteiger partial charge >= 0.3 is 11.9 Å². The highest BCUT2D eigenvalue weighted by molar-refractivity contribution is 6.00. The maximum atomic E-state index is 14.8. The number of primary amides is 1. The zero-order valence-corrected chi connectivity index (χ0v) is 65.2. The fourth-order valence-electron chi connectivity index (χ4n) is 11.3. The second-order valence-electron chi connectivity index (χ2n) is 28.3. The Bertz CT molecular complexity index is 3220. The van der Waals surface area contributed by atoms with Crippen molar-refractivity contribution in [3.05, 3.63) is 35.9 Å². The summed E-state index contributed by atoms with van der Waals surface area (Å²) in [7, 11) is 0. The Kier molecular flexibility index (Phi) is 47.3. The van der Waals surface area contributed by atoms with Crippen LogP contribution in [-0.4, -0.2) is 216 Å². The maximum absolute atomic E-state index is 14.8. The largest absolute Gasteiger partial charge is 0.481 e. The number of hydrogen-bond acceptors (Lipinski definition) is 20. The SMILES string of the molecule is CC[C@H](C)[C@H](NC(=O)[C@H](CCCNC(=N)N)NC(=O)[C@H](CCC(N)=O)NC(=O)[C@@H](NC(=O)[C@@H](NC(=O)[C@H](CCCNC(=N)N)NC(=O)[C@@H](N)CCCCN)[C@@H](C)CC)C(C)C)C(=O)N[C@@H](CCCCN)C(=O)N[C@@H](CC(=O)O)C(=O)N[C@@H](Cc1ccccc1)C(=O)N[C@@H](CC(C)C)C(=O)N[C@@H](CCCNC(=N)N)C(=O)O. The van der Waals surface area contributed by atoms with E-state index in [-0.39, 0.29) is 121 Å². The summed E-state index contributed by atoms with van der Waals surface area (Å²) in [6.07, 6.45) is 0.148. The van der Waals surface area contributed by atoms with E-state index in [0.29, 0.717) is 37.8 Å². The molecule has 626 valence electrons. The van der Waals surface area contributed by atoms with Crippen molar-refractivity contribution in [1.29, 1.82) is 16.2 Å². The fraction of sp³-hybridized carbons (Fsp3) is 0.676. The Hall–Kier alpha value is -10.5. The first-order valence-corrected chi connectivity index (χ1v) is 37.8. The number of hydrogen-bond donors (Lipinski definition) is 26. The van der Waals surface area contributed by atoms with Crippen LogP contribution in [0.4, 0.5) is 0 Å². The quantitative estimate of drug-likeness (QED) is 0.0166. The van der Waals surface area contributed by atoms with Crippen molar-refractivity contribution in [2.24, 2.45) is 63.8 Å². The molecule has 0 saturated carbocycles. The molecule has 0 aliphatic heterocycles. The van der Waals surface area contributed by atoms with Gasteiger partial charge in [-0.05, 0) is 126 Å². The Balaban J connectivity index is 3.80. The van der Waals surface area contributed by atoms with E-state index in [4.69, 9.17) is 56.4 Å². The molecule has 1 aromatic carbocycles. The molecule has 40 nitrogen and oxygen atoms in total. The van der Waals surface area contributed by atoms with Gasteiger partial charge in [0.05, 0.1) is 12.5 Å². The number of aliphatic carboxylic acids is 2. The molecule has 40 heteroatoms. The van der Waals surface area contributed by atoms with E-state index in [2.05, 4.69) is 74.4 Å². The van der Waals surface area contributed by atoms with E-state index in [0.717, 1.165) is 0 Å². The van der Waals surface area contributed by atoms with Crippen LogP contribution in [0.5, 0.6) is 0 Å². The summed E-state index contributed by atoms with van der Waals surface area (Å²) in [6.45, 7) is 14.1. The van der Waals surface area contributed by atoms with Crippen molar-refractivity contribution in [2.75, 3.05) is 32.7 Å². The molecule has 12 amide bonds. The summed E-state index contributed by atoms with van der Waals surface area (Å²) in [4.78, 5) is 195. The number of nitrogens with two attached hydrogens (primary N) is 7. The Morgan fingerprint density at radius 2 is 0.739 bits per heavy atom. The summed E-state index contributed by atoms with van der Waals surface area (Å²) >= 11 is 0. The van der Waals surface area contributed by atoms with Gasteiger partial charge in [-0.25, -0.2) is 4.79 Å². The van der Waals surface area contributed by atoms with Crippen molar-refractivity contribution in [1.82, 2.24) is 74.4 Å². The molecule has 0 unspecified atom stereocenters. The number of nitrogens with one attached hydrogen (secondary N) is 17. The molecule has 1 aromatic rings. The van der Waals surface area contributed by atoms with Crippen molar-refractivity contribution < 1.29 is 77.3 Å². The number of carbonyl (C=O) groups is 14. The standard InChI is InChI=1S/C71H126N24O16/c1-9-40(7)55(66(108)87-44(24-15-17-31-73)58(100)92-51(37-53(97)98)64(106)91-50(36-42-21-12-11-13-22-42)63(105)90-49(35-38(3)4)62(104)89-48(68(110)111)27-20-34-84-71(80)81)94-61(103)46(26-19-33-83-70(78)79)86-59(101)47(28-29-52(75)96)88-65(107)54(39(5)6)93-67(109)56(41(8)10-2)95-60(102)45(25-18-32-82-69(76)77)85-57(99)43(74)23-14-16-30-72/h11-13,21-22,38-41,43-51,54-56H,9-10,14-20,23-37,72-74H2,1-8H3,(H2,75,96)(H,85,99)(H,86,101)(H,87,108)(H,88,107)(H,89,104)(H,90,105)(H,91,106)(H,92,100)(H,93,109)(H,94,103)(H,95,102)(H,97,98)(H,110,111)(H4,76,77,82)(H4,78,79,83)(H4,80,81,84)/t40-,41-,43-,44-,45-,46-,47-,48-,49-,50-,51-,54-,55-,56-/m0/s1. The molecule has 33 N–H and O–H groups in total. The van der Waals surface area contributed by atoms with Gasteiger partial charge in [-0.15, -0.1) is 0 Å². The van der Waals surface area contributed by atoms with Gasteiger partial charge in [0.1, 0.15) is 66.5 Å². The van der Waals surface area contributed by atoms with Crippen molar-refractivity contribution in [3.63, 3.8) is 0 Å². The van der Waals surface area contributed by atoms with Crippen LogP contribution < -0.4 is 115 Å². The van der Waals surface area contributed by atoms with Gasteiger partial charge < -0.3 is 125 Å². The van der Waals surface area contributed by atoms with E-state index >= 15 is 0 Å². The first-order valence-electron chi connectivity index (χ1n) is 37.8. The summed E-state index contributed by atoms with van der Waals surface area (Å²) in [5, 5.41) is 79.0. The second kappa shape index (κ2) is 53.4. The molecular formula is C71H126N24O16. The maximum Gasteiger partial charge on any atom is 0.326 e. The molecular weight excluding hydrogens is 1440 g/mol. The number of carbonyl (C=O) groups excluding carboxylic acids is 12. The second-order valence-corrected chi connectivity index (χ2v) is 28.3.